The molecule has 0 N–H and O–H groups in total. The van der Waals surface area contributed by atoms with Crippen LogP contribution in [-0.2, 0) is 0 Å². The molecular formula is C44H28N4. The summed E-state index contributed by atoms with van der Waals surface area (Å²) in [7, 11) is 0. The molecule has 3 aromatic heterocycles. The van der Waals surface area contributed by atoms with E-state index in [0.29, 0.717) is 0 Å². The van der Waals surface area contributed by atoms with Crippen molar-refractivity contribution in [1.82, 2.24) is 19.1 Å². The minimum Gasteiger partial charge on any atom is -0.317 e. The van der Waals surface area contributed by atoms with E-state index in [1.807, 2.05) is 6.07 Å². The first-order chi connectivity index (χ1) is 23.8. The molecule has 4 nitrogen and oxygen atoms in total. The van der Waals surface area contributed by atoms with Gasteiger partial charge in [0.25, 0.3) is 0 Å². The maximum atomic E-state index is 5.23. The molecular weight excluding hydrogens is 585 g/mol. The molecule has 0 amide bonds. The first-order valence-electron chi connectivity index (χ1n) is 16.3. The third kappa shape index (κ3) is 4.03. The molecule has 0 aliphatic carbocycles. The molecule has 0 atom stereocenters. The van der Waals surface area contributed by atoms with Gasteiger partial charge in [0.2, 0.25) is 0 Å². The van der Waals surface area contributed by atoms with Gasteiger partial charge < -0.3 is 9.13 Å². The van der Waals surface area contributed by atoms with Crippen molar-refractivity contribution >= 4 is 54.4 Å². The molecule has 0 saturated heterocycles. The molecule has 0 aliphatic heterocycles. The molecule has 10 aromatic rings. The van der Waals surface area contributed by atoms with Gasteiger partial charge in [-0.2, -0.15) is 0 Å². The van der Waals surface area contributed by atoms with Crippen LogP contribution in [0.3, 0.4) is 0 Å². The minimum absolute atomic E-state index is 0.717. The maximum Gasteiger partial charge on any atom is 0.160 e. The Kier molecular flexibility index (Phi) is 5.84. The SMILES string of the molecule is c1ccc(-n2ccc3c4c5ccccc5n(-c5ccc(-c6nc(-c7cccc8ccccc78)c7ccccc7n6)cc5)c4ccc32)cc1. The van der Waals surface area contributed by atoms with E-state index in [4.69, 9.17) is 9.97 Å². The number of fused-ring (bicyclic) bond motifs is 7. The standard InChI is InChI=1S/C44H28N4/c1-2-13-31(14-3-1)47-28-27-37-39(47)25-26-41-42(37)36-17-7-9-20-40(36)48(41)32-23-21-30(22-24-32)44-45-38-19-8-6-16-35(38)43(46-44)34-18-10-12-29-11-4-5-15-33(29)34/h1-28H. The van der Waals surface area contributed by atoms with Gasteiger partial charge in [0.15, 0.2) is 5.82 Å². The van der Waals surface area contributed by atoms with Crippen molar-refractivity contribution in [3.05, 3.63) is 170 Å². The van der Waals surface area contributed by atoms with Crippen molar-refractivity contribution < 1.29 is 0 Å². The van der Waals surface area contributed by atoms with Gasteiger partial charge in [-0.05, 0) is 77.5 Å². The highest BCUT2D eigenvalue weighted by molar-refractivity contribution is 6.21. The molecule has 0 bridgehead atoms. The van der Waals surface area contributed by atoms with Crippen LogP contribution in [0, 0.1) is 0 Å². The van der Waals surface area contributed by atoms with Gasteiger partial charge in [-0.25, -0.2) is 9.97 Å². The van der Waals surface area contributed by atoms with E-state index in [0.717, 1.165) is 44.9 Å². The van der Waals surface area contributed by atoms with E-state index in [1.165, 1.54) is 43.5 Å². The molecule has 0 fully saturated rings. The average Bonchev–Trinajstić information content (AvgIpc) is 3.74. The number of para-hydroxylation sites is 3. The van der Waals surface area contributed by atoms with Gasteiger partial charge in [0.1, 0.15) is 0 Å². The Morgan fingerprint density at radius 2 is 1.10 bits per heavy atom. The number of nitrogens with zero attached hydrogens (tertiary/aromatic N) is 4. The third-order valence-corrected chi connectivity index (χ3v) is 9.57. The second-order valence-corrected chi connectivity index (χ2v) is 12.3. The molecule has 0 spiro atoms. The predicted octanol–water partition coefficient (Wildman–Crippen LogP) is 11.2. The molecule has 3 heterocycles. The summed E-state index contributed by atoms with van der Waals surface area (Å²) in [4.78, 5) is 10.3. The van der Waals surface area contributed by atoms with Crippen LogP contribution < -0.4 is 0 Å². The summed E-state index contributed by atoms with van der Waals surface area (Å²) < 4.78 is 4.64. The smallest absolute Gasteiger partial charge is 0.160 e. The zero-order valence-corrected chi connectivity index (χ0v) is 26.0. The van der Waals surface area contributed by atoms with Crippen molar-refractivity contribution in [2.75, 3.05) is 0 Å². The van der Waals surface area contributed by atoms with E-state index in [2.05, 4.69) is 173 Å². The molecule has 0 radical (unpaired) electrons. The van der Waals surface area contributed by atoms with Crippen LogP contribution in [0.25, 0.3) is 88.4 Å². The first-order valence-corrected chi connectivity index (χ1v) is 16.3. The Labute approximate surface area is 276 Å². The zero-order chi connectivity index (χ0) is 31.6. The summed E-state index contributed by atoms with van der Waals surface area (Å²) in [6, 6.07) is 57.9. The van der Waals surface area contributed by atoms with Crippen LogP contribution >= 0.6 is 0 Å². The average molecular weight is 613 g/mol. The molecule has 10 rings (SSSR count). The predicted molar refractivity (Wildman–Crippen MR) is 199 cm³/mol. The lowest BCUT2D eigenvalue weighted by Crippen LogP contribution is -1.97. The maximum absolute atomic E-state index is 5.23. The van der Waals surface area contributed by atoms with Crippen LogP contribution in [0.2, 0.25) is 0 Å². The Hall–Kier alpha value is -6.52. The summed E-state index contributed by atoms with van der Waals surface area (Å²) in [5.74, 6) is 0.717. The Morgan fingerprint density at radius 3 is 1.98 bits per heavy atom. The molecule has 7 aromatic carbocycles. The van der Waals surface area contributed by atoms with E-state index >= 15 is 0 Å². The normalized spacial score (nSPS) is 11.8. The van der Waals surface area contributed by atoms with Crippen molar-refractivity contribution in [1.29, 1.82) is 0 Å². The molecule has 0 aliphatic rings. The summed E-state index contributed by atoms with van der Waals surface area (Å²) in [6.07, 6.45) is 2.18. The Balaban J connectivity index is 1.13. The van der Waals surface area contributed by atoms with E-state index in [-0.39, 0.29) is 0 Å². The molecule has 224 valence electrons. The number of hydrogen-bond acceptors (Lipinski definition) is 2. The summed E-state index contributed by atoms with van der Waals surface area (Å²) in [5.41, 5.74) is 9.79. The number of rotatable bonds is 4. The Bertz CT molecular complexity index is 2820. The lowest BCUT2D eigenvalue weighted by atomic mass is 9.99. The highest BCUT2D eigenvalue weighted by atomic mass is 15.0. The van der Waals surface area contributed by atoms with Crippen molar-refractivity contribution in [3.8, 4) is 34.0 Å². The quantitative estimate of drug-likeness (QED) is 0.198. The van der Waals surface area contributed by atoms with Gasteiger partial charge in [0, 0.05) is 50.2 Å². The summed E-state index contributed by atoms with van der Waals surface area (Å²) >= 11 is 0. The summed E-state index contributed by atoms with van der Waals surface area (Å²) in [6.45, 7) is 0. The fourth-order valence-electron chi connectivity index (χ4n) is 7.38. The monoisotopic (exact) mass is 612 g/mol. The molecule has 4 heteroatoms. The third-order valence-electron chi connectivity index (χ3n) is 9.57. The second-order valence-electron chi connectivity index (χ2n) is 12.3. The fraction of sp³-hybridized carbons (Fsp3) is 0. The number of hydrogen-bond donors (Lipinski definition) is 0. The van der Waals surface area contributed by atoms with E-state index in [1.54, 1.807) is 0 Å². The van der Waals surface area contributed by atoms with Crippen LogP contribution in [0.5, 0.6) is 0 Å². The van der Waals surface area contributed by atoms with Gasteiger partial charge in [-0.1, -0.05) is 97.1 Å². The molecule has 0 unspecified atom stereocenters. The van der Waals surface area contributed by atoms with Crippen LogP contribution in [-0.4, -0.2) is 19.1 Å². The van der Waals surface area contributed by atoms with Gasteiger partial charge >= 0.3 is 0 Å². The number of benzene rings is 7. The highest BCUT2D eigenvalue weighted by Gasteiger charge is 2.18. The summed E-state index contributed by atoms with van der Waals surface area (Å²) in [5, 5.41) is 7.18. The highest BCUT2D eigenvalue weighted by Crippen LogP contribution is 2.39. The van der Waals surface area contributed by atoms with Crippen molar-refractivity contribution in [2.45, 2.75) is 0 Å². The largest absolute Gasteiger partial charge is 0.317 e. The molecule has 0 saturated carbocycles. The van der Waals surface area contributed by atoms with Crippen LogP contribution in [0.4, 0.5) is 0 Å². The van der Waals surface area contributed by atoms with Crippen molar-refractivity contribution in [3.63, 3.8) is 0 Å². The van der Waals surface area contributed by atoms with Gasteiger partial charge in [-0.3, -0.25) is 0 Å². The second kappa shape index (κ2) is 10.5. The van der Waals surface area contributed by atoms with Crippen LogP contribution in [0.1, 0.15) is 0 Å². The van der Waals surface area contributed by atoms with E-state index in [9.17, 15) is 0 Å². The minimum atomic E-state index is 0.717. The van der Waals surface area contributed by atoms with Gasteiger partial charge in [-0.15, -0.1) is 0 Å². The fourth-order valence-corrected chi connectivity index (χ4v) is 7.38. The zero-order valence-electron chi connectivity index (χ0n) is 26.0. The van der Waals surface area contributed by atoms with Crippen LogP contribution in [0.15, 0.2) is 170 Å². The molecule has 48 heavy (non-hydrogen) atoms. The van der Waals surface area contributed by atoms with Gasteiger partial charge in [0.05, 0.1) is 27.8 Å². The van der Waals surface area contributed by atoms with Crippen molar-refractivity contribution in [2.24, 2.45) is 0 Å². The topological polar surface area (TPSA) is 35.6 Å². The lowest BCUT2D eigenvalue weighted by Gasteiger charge is -2.12. The Morgan fingerprint density at radius 1 is 0.417 bits per heavy atom. The first kappa shape index (κ1) is 26.7. The number of aromatic nitrogens is 4. The van der Waals surface area contributed by atoms with E-state index < -0.39 is 0 Å². The lowest BCUT2D eigenvalue weighted by molar-refractivity contribution is 1.13.